The summed E-state index contributed by atoms with van der Waals surface area (Å²) in [6.07, 6.45) is 3.69. The number of pyridine rings is 1. The van der Waals surface area contributed by atoms with E-state index in [-0.39, 0.29) is 13.2 Å². The third-order valence-electron chi connectivity index (χ3n) is 4.92. The fourth-order valence-corrected chi connectivity index (χ4v) is 4.84. The minimum Gasteiger partial charge on any atom is -0.465 e. The topological polar surface area (TPSA) is 101 Å². The van der Waals surface area contributed by atoms with Crippen molar-refractivity contribution in [1.82, 2.24) is 14.0 Å². The number of piperidine rings is 1. The first-order valence-corrected chi connectivity index (χ1v) is 11.2. The normalized spacial score (nSPS) is 21.5. The highest BCUT2D eigenvalue weighted by Gasteiger charge is 2.37. The number of morpholine rings is 1. The van der Waals surface area contributed by atoms with Crippen molar-refractivity contribution in [2.45, 2.75) is 38.8 Å². The molecular formula is C18H28N4O5S. The van der Waals surface area contributed by atoms with Crippen LogP contribution in [0.3, 0.4) is 0 Å². The summed E-state index contributed by atoms with van der Waals surface area (Å²) in [7, 11) is -3.80. The number of hydrogen-bond acceptors (Lipinski definition) is 7. The molecule has 0 aromatic carbocycles. The second kappa shape index (κ2) is 9.64. The lowest BCUT2D eigenvalue weighted by Crippen LogP contribution is -2.52. The van der Waals surface area contributed by atoms with Crippen LogP contribution in [0.4, 0.5) is 5.82 Å². The molecule has 1 N–H and O–H groups in total. The van der Waals surface area contributed by atoms with E-state index in [9.17, 15) is 13.2 Å². The number of nitrogens with one attached hydrogen (secondary N) is 1. The molecule has 0 radical (unpaired) electrons. The van der Waals surface area contributed by atoms with Gasteiger partial charge in [-0.3, -0.25) is 4.79 Å². The van der Waals surface area contributed by atoms with Crippen LogP contribution in [0.1, 0.15) is 31.7 Å². The Bertz CT molecular complexity index is 750. The zero-order valence-electron chi connectivity index (χ0n) is 16.2. The lowest BCUT2D eigenvalue weighted by molar-refractivity contribution is -0.148. The Kier molecular flexibility index (Phi) is 7.22. The summed E-state index contributed by atoms with van der Waals surface area (Å²) in [6, 6.07) is 2.99. The number of ether oxygens (including phenoxy) is 2. The van der Waals surface area contributed by atoms with E-state index in [0.29, 0.717) is 26.2 Å². The maximum atomic E-state index is 12.8. The van der Waals surface area contributed by atoms with Crippen LogP contribution in [0.15, 0.2) is 18.3 Å². The molecule has 0 bridgehead atoms. The highest BCUT2D eigenvalue weighted by molar-refractivity contribution is 7.87. The van der Waals surface area contributed by atoms with Crippen molar-refractivity contribution in [3.8, 4) is 0 Å². The average molecular weight is 413 g/mol. The molecule has 2 aliphatic rings. The fraction of sp³-hybridized carbons (Fsp3) is 0.667. The molecule has 0 spiro atoms. The average Bonchev–Trinajstić information content (AvgIpc) is 2.73. The zero-order valence-corrected chi connectivity index (χ0v) is 17.0. The number of carbonyl (C=O) groups is 1. The number of esters is 1. The zero-order chi connectivity index (χ0) is 20.0. The van der Waals surface area contributed by atoms with Gasteiger partial charge in [-0.25, -0.2) is 4.98 Å². The number of aromatic nitrogens is 1. The molecule has 2 saturated heterocycles. The maximum absolute atomic E-state index is 12.8. The summed E-state index contributed by atoms with van der Waals surface area (Å²) in [5.74, 6) is 0.373. The van der Waals surface area contributed by atoms with Crippen molar-refractivity contribution in [3.63, 3.8) is 0 Å². The largest absolute Gasteiger partial charge is 0.465 e. The number of rotatable bonds is 7. The predicted octanol–water partition coefficient (Wildman–Crippen LogP) is 0.670. The molecule has 2 aliphatic heterocycles. The van der Waals surface area contributed by atoms with E-state index in [1.807, 2.05) is 12.1 Å². The minimum absolute atomic E-state index is 0.116. The first-order valence-electron chi connectivity index (χ1n) is 9.72. The van der Waals surface area contributed by atoms with Crippen LogP contribution in [0.5, 0.6) is 0 Å². The van der Waals surface area contributed by atoms with Crippen molar-refractivity contribution < 1.29 is 22.7 Å². The van der Waals surface area contributed by atoms with E-state index < -0.39 is 22.2 Å². The molecule has 0 amide bonds. The van der Waals surface area contributed by atoms with Gasteiger partial charge in [0.15, 0.2) is 0 Å². The van der Waals surface area contributed by atoms with Gasteiger partial charge in [0.25, 0.3) is 10.2 Å². The van der Waals surface area contributed by atoms with Gasteiger partial charge in [0.2, 0.25) is 0 Å². The highest BCUT2D eigenvalue weighted by Crippen LogP contribution is 2.21. The predicted molar refractivity (Wildman–Crippen MR) is 104 cm³/mol. The maximum Gasteiger partial charge on any atom is 0.324 e. The molecule has 28 heavy (non-hydrogen) atoms. The van der Waals surface area contributed by atoms with Crippen LogP contribution in [-0.4, -0.2) is 69.2 Å². The Labute approximate surface area is 166 Å². The number of carbonyl (C=O) groups excluding carboxylic acids is 1. The molecule has 3 heterocycles. The van der Waals surface area contributed by atoms with Crippen molar-refractivity contribution in [3.05, 3.63) is 23.9 Å². The second-order valence-corrected chi connectivity index (χ2v) is 8.53. The third-order valence-corrected chi connectivity index (χ3v) is 6.49. The van der Waals surface area contributed by atoms with E-state index >= 15 is 0 Å². The Balaban J connectivity index is 1.61. The molecule has 156 valence electrons. The van der Waals surface area contributed by atoms with Crippen LogP contribution in [0.25, 0.3) is 0 Å². The van der Waals surface area contributed by atoms with Crippen LogP contribution in [0.2, 0.25) is 0 Å². The van der Waals surface area contributed by atoms with Gasteiger partial charge >= 0.3 is 5.97 Å². The number of anilines is 1. The minimum atomic E-state index is -3.80. The Hall–Kier alpha value is -1.75. The van der Waals surface area contributed by atoms with Crippen molar-refractivity contribution >= 4 is 22.0 Å². The fourth-order valence-electron chi connectivity index (χ4n) is 3.42. The summed E-state index contributed by atoms with van der Waals surface area (Å²) < 4.78 is 39.7. The molecule has 3 rings (SSSR count). The lowest BCUT2D eigenvalue weighted by atomic mass is 10.1. The van der Waals surface area contributed by atoms with Crippen LogP contribution < -0.4 is 9.62 Å². The second-order valence-electron chi connectivity index (χ2n) is 6.82. The molecule has 9 nitrogen and oxygen atoms in total. The summed E-state index contributed by atoms with van der Waals surface area (Å²) in [5, 5.41) is 0. The summed E-state index contributed by atoms with van der Waals surface area (Å²) in [6.45, 7) is 5.33. The monoisotopic (exact) mass is 412 g/mol. The van der Waals surface area contributed by atoms with Crippen molar-refractivity contribution in [2.24, 2.45) is 0 Å². The number of hydrogen-bond donors (Lipinski definition) is 1. The quantitative estimate of drug-likeness (QED) is 0.657. The van der Waals surface area contributed by atoms with Crippen LogP contribution in [-0.2, 0) is 31.0 Å². The van der Waals surface area contributed by atoms with Gasteiger partial charge in [-0.2, -0.15) is 17.4 Å². The van der Waals surface area contributed by atoms with Gasteiger partial charge in [-0.15, -0.1) is 0 Å². The Morgan fingerprint density at radius 3 is 2.75 bits per heavy atom. The van der Waals surface area contributed by atoms with E-state index in [0.717, 1.165) is 37.3 Å². The van der Waals surface area contributed by atoms with Crippen LogP contribution >= 0.6 is 0 Å². The first kappa shape index (κ1) is 21.0. The molecular weight excluding hydrogens is 384 g/mol. The van der Waals surface area contributed by atoms with Gasteiger partial charge in [-0.1, -0.05) is 6.07 Å². The lowest BCUT2D eigenvalue weighted by Gasteiger charge is -2.32. The number of nitrogens with zero attached hydrogens (tertiary/aromatic N) is 3. The van der Waals surface area contributed by atoms with Crippen LogP contribution in [0, 0.1) is 0 Å². The summed E-state index contributed by atoms with van der Waals surface area (Å²) in [5.41, 5.74) is 0.755. The Morgan fingerprint density at radius 1 is 1.29 bits per heavy atom. The molecule has 1 aromatic rings. The Morgan fingerprint density at radius 2 is 2.07 bits per heavy atom. The van der Waals surface area contributed by atoms with E-state index in [1.165, 1.54) is 4.31 Å². The van der Waals surface area contributed by atoms with Crippen molar-refractivity contribution in [1.29, 1.82) is 0 Å². The van der Waals surface area contributed by atoms with Gasteiger partial charge in [-0.05, 0) is 37.8 Å². The molecule has 2 fully saturated rings. The summed E-state index contributed by atoms with van der Waals surface area (Å²) >= 11 is 0. The third kappa shape index (κ3) is 5.19. The van der Waals surface area contributed by atoms with E-state index in [2.05, 4.69) is 14.6 Å². The van der Waals surface area contributed by atoms with E-state index in [1.54, 1.807) is 13.1 Å². The van der Waals surface area contributed by atoms with Crippen molar-refractivity contribution in [2.75, 3.05) is 44.4 Å². The summed E-state index contributed by atoms with van der Waals surface area (Å²) in [4.78, 5) is 18.7. The van der Waals surface area contributed by atoms with Gasteiger partial charge in [0.05, 0.1) is 19.8 Å². The van der Waals surface area contributed by atoms with Gasteiger partial charge < -0.3 is 14.4 Å². The molecule has 0 aliphatic carbocycles. The molecule has 1 atom stereocenters. The molecule has 0 unspecified atom stereocenters. The molecule has 10 heteroatoms. The first-order chi connectivity index (χ1) is 13.5. The SMILES string of the molecule is CCOC(=O)[C@@H]1CCCCN1S(=O)(=O)NCc1ccc(N2CCOCC2)nc1. The molecule has 1 aromatic heterocycles. The standard InChI is InChI=1S/C18H28N4O5S/c1-2-27-18(23)16-5-3-4-8-22(16)28(24,25)20-14-15-6-7-17(19-13-15)21-9-11-26-12-10-21/h6-7,13,16,20H,2-5,8-12,14H2,1H3/t16-/m0/s1. The van der Waals surface area contributed by atoms with Gasteiger partial charge in [0, 0.05) is 32.4 Å². The van der Waals surface area contributed by atoms with Gasteiger partial charge in [0.1, 0.15) is 11.9 Å². The highest BCUT2D eigenvalue weighted by atomic mass is 32.2. The molecule has 0 saturated carbocycles. The van der Waals surface area contributed by atoms with E-state index in [4.69, 9.17) is 9.47 Å². The smallest absolute Gasteiger partial charge is 0.324 e.